The van der Waals surface area contributed by atoms with Crippen LogP contribution >= 0.6 is 36.2 Å². The molecule has 3 heterocycles. The van der Waals surface area contributed by atoms with Crippen LogP contribution in [0.15, 0.2) is 64.6 Å². The van der Waals surface area contributed by atoms with Gasteiger partial charge in [-0.25, -0.2) is 4.79 Å². The smallest absolute Gasteiger partial charge is 0.336 e. The van der Waals surface area contributed by atoms with E-state index in [1.165, 1.54) is 10.6 Å². The fourth-order valence-electron chi connectivity index (χ4n) is 3.15. The van der Waals surface area contributed by atoms with E-state index in [0.29, 0.717) is 27.4 Å². The maximum Gasteiger partial charge on any atom is 0.336 e. The zero-order chi connectivity index (χ0) is 22.0. The number of rotatable bonds is 5. The van der Waals surface area contributed by atoms with Gasteiger partial charge in [0.2, 0.25) is 0 Å². The van der Waals surface area contributed by atoms with Crippen LogP contribution in [-0.2, 0) is 13.1 Å². The van der Waals surface area contributed by atoms with E-state index in [1.807, 2.05) is 6.07 Å². The van der Waals surface area contributed by atoms with Crippen LogP contribution in [0.1, 0.15) is 31.9 Å². The number of fused-ring (bicyclic) bond motifs is 1. The van der Waals surface area contributed by atoms with Crippen LogP contribution < -0.4 is 16.6 Å². The van der Waals surface area contributed by atoms with Gasteiger partial charge in [0, 0.05) is 30.7 Å². The molecule has 0 aliphatic carbocycles. The minimum atomic E-state index is -0.514. The van der Waals surface area contributed by atoms with Crippen molar-refractivity contribution in [2.75, 3.05) is 0 Å². The highest BCUT2D eigenvalue weighted by Crippen LogP contribution is 2.18. The Kier molecular flexibility index (Phi) is 8.54. The van der Waals surface area contributed by atoms with Crippen molar-refractivity contribution in [1.82, 2.24) is 19.3 Å². The Morgan fingerprint density at radius 3 is 2.39 bits per heavy atom. The molecule has 0 atom stereocenters. The molecular formula is C22H19Cl2N5O3S. The summed E-state index contributed by atoms with van der Waals surface area (Å²) in [4.78, 5) is 43.1. The molecule has 4 rings (SSSR count). The van der Waals surface area contributed by atoms with E-state index in [9.17, 15) is 14.4 Å². The van der Waals surface area contributed by atoms with Crippen LogP contribution in [-0.4, -0.2) is 19.9 Å². The van der Waals surface area contributed by atoms with Gasteiger partial charge in [-0.3, -0.25) is 23.5 Å². The summed E-state index contributed by atoms with van der Waals surface area (Å²) in [7, 11) is 0. The Morgan fingerprint density at radius 1 is 1.09 bits per heavy atom. The van der Waals surface area contributed by atoms with Crippen LogP contribution in [0.2, 0.25) is 0 Å². The van der Waals surface area contributed by atoms with Crippen molar-refractivity contribution in [2.45, 2.75) is 20.0 Å². The summed E-state index contributed by atoms with van der Waals surface area (Å²) in [5, 5.41) is 11.7. The summed E-state index contributed by atoms with van der Waals surface area (Å²) >= 11 is 1.10. The standard InChI is InChI=1S/C22H17N5O3S.2ClH/c1-14-20(29)26(12-17-4-2-15(10-23)3-5-17)22(30)27-13-18(31-21(14)27)19(28)25-11-16-6-8-24-9-7-16;;/h2-9,13H,11-12H2,1H3,(H,25,28);2*1H. The zero-order valence-corrected chi connectivity index (χ0v) is 19.8. The number of halogens is 2. The number of benzene rings is 1. The molecule has 0 aliphatic rings. The normalized spacial score (nSPS) is 10.1. The molecule has 11 heteroatoms. The molecule has 0 fully saturated rings. The van der Waals surface area contributed by atoms with Gasteiger partial charge in [0.1, 0.15) is 9.71 Å². The Labute approximate surface area is 205 Å². The Hall–Kier alpha value is -3.45. The lowest BCUT2D eigenvalue weighted by molar-refractivity contribution is 0.0954. The van der Waals surface area contributed by atoms with Crippen molar-refractivity contribution in [3.8, 4) is 6.07 Å². The molecular weight excluding hydrogens is 485 g/mol. The maximum absolute atomic E-state index is 13.0. The third kappa shape index (κ3) is 5.31. The first kappa shape index (κ1) is 25.8. The van der Waals surface area contributed by atoms with Gasteiger partial charge in [-0.05, 0) is 42.3 Å². The maximum atomic E-state index is 13.0. The van der Waals surface area contributed by atoms with Crippen molar-refractivity contribution in [1.29, 1.82) is 5.26 Å². The summed E-state index contributed by atoms with van der Waals surface area (Å²) < 4.78 is 2.47. The van der Waals surface area contributed by atoms with Crippen molar-refractivity contribution in [3.05, 3.63) is 103 Å². The number of nitrogens with zero attached hydrogens (tertiary/aromatic N) is 4. The Balaban J connectivity index is 0.00000193. The van der Waals surface area contributed by atoms with Gasteiger partial charge in [0.05, 0.1) is 18.2 Å². The minimum absolute atomic E-state index is 0. The summed E-state index contributed by atoms with van der Waals surface area (Å²) in [6, 6.07) is 12.3. The number of carbonyl (C=O) groups excluding carboxylic acids is 1. The molecule has 4 aromatic rings. The van der Waals surface area contributed by atoms with Crippen molar-refractivity contribution in [3.63, 3.8) is 0 Å². The molecule has 3 aromatic heterocycles. The number of aryl methyl sites for hydroxylation is 1. The van der Waals surface area contributed by atoms with Crippen LogP contribution in [0.5, 0.6) is 0 Å². The Morgan fingerprint density at radius 2 is 1.76 bits per heavy atom. The molecule has 0 spiro atoms. The molecule has 1 N–H and O–H groups in total. The molecule has 1 amide bonds. The van der Waals surface area contributed by atoms with Crippen molar-refractivity contribution < 1.29 is 4.79 Å². The lowest BCUT2D eigenvalue weighted by atomic mass is 10.1. The number of hydrogen-bond donors (Lipinski definition) is 1. The van der Waals surface area contributed by atoms with E-state index < -0.39 is 11.2 Å². The molecule has 170 valence electrons. The molecule has 33 heavy (non-hydrogen) atoms. The van der Waals surface area contributed by atoms with E-state index >= 15 is 0 Å². The van der Waals surface area contributed by atoms with Crippen LogP contribution in [0.4, 0.5) is 0 Å². The molecule has 8 nitrogen and oxygen atoms in total. The van der Waals surface area contributed by atoms with Crippen LogP contribution in [0, 0.1) is 18.3 Å². The summed E-state index contributed by atoms with van der Waals surface area (Å²) in [6.45, 7) is 2.04. The predicted molar refractivity (Wildman–Crippen MR) is 131 cm³/mol. The summed E-state index contributed by atoms with van der Waals surface area (Å²) in [5.74, 6) is -0.324. The SMILES string of the molecule is Cc1c(=O)n(Cc2ccc(C#N)cc2)c(=O)n2cc(C(=O)NCc3ccncc3)sc12.Cl.Cl. The topological polar surface area (TPSA) is 109 Å². The third-order valence-electron chi connectivity index (χ3n) is 4.85. The second-order valence-corrected chi connectivity index (χ2v) is 7.95. The average Bonchev–Trinajstić information content (AvgIpc) is 3.26. The third-order valence-corrected chi connectivity index (χ3v) is 6.05. The second-order valence-electron chi connectivity index (χ2n) is 6.92. The average molecular weight is 504 g/mol. The number of nitrogens with one attached hydrogen (secondary N) is 1. The van der Waals surface area contributed by atoms with E-state index in [1.54, 1.807) is 55.7 Å². The van der Waals surface area contributed by atoms with E-state index in [4.69, 9.17) is 5.26 Å². The molecule has 0 saturated carbocycles. The van der Waals surface area contributed by atoms with Gasteiger partial charge in [-0.2, -0.15) is 5.26 Å². The van der Waals surface area contributed by atoms with E-state index in [-0.39, 0.29) is 37.3 Å². The quantitative estimate of drug-likeness (QED) is 0.450. The largest absolute Gasteiger partial charge is 0.347 e. The number of hydrogen-bond acceptors (Lipinski definition) is 6. The predicted octanol–water partition coefficient (Wildman–Crippen LogP) is 2.92. The van der Waals surface area contributed by atoms with E-state index in [0.717, 1.165) is 27.0 Å². The van der Waals surface area contributed by atoms with Gasteiger partial charge in [-0.1, -0.05) is 12.1 Å². The molecule has 0 unspecified atom stereocenters. The number of thiazole rings is 1. The molecule has 0 saturated heterocycles. The van der Waals surface area contributed by atoms with Crippen molar-refractivity contribution in [2.24, 2.45) is 0 Å². The molecule has 0 radical (unpaired) electrons. The van der Waals surface area contributed by atoms with Gasteiger partial charge in [-0.15, -0.1) is 36.2 Å². The van der Waals surface area contributed by atoms with E-state index in [2.05, 4.69) is 10.3 Å². The number of pyridine rings is 1. The fourth-order valence-corrected chi connectivity index (χ4v) is 4.15. The highest BCUT2D eigenvalue weighted by molar-refractivity contribution is 7.19. The first-order valence-electron chi connectivity index (χ1n) is 9.39. The Bertz CT molecular complexity index is 1440. The first-order valence-corrected chi connectivity index (χ1v) is 10.2. The zero-order valence-electron chi connectivity index (χ0n) is 17.3. The summed E-state index contributed by atoms with van der Waals surface area (Å²) in [5.41, 5.74) is 1.61. The lowest BCUT2D eigenvalue weighted by Crippen LogP contribution is -2.38. The monoisotopic (exact) mass is 503 g/mol. The highest BCUT2D eigenvalue weighted by Gasteiger charge is 2.17. The number of aromatic nitrogens is 3. The number of amides is 1. The molecule has 0 bridgehead atoms. The van der Waals surface area contributed by atoms with Gasteiger partial charge in [0.15, 0.2) is 0 Å². The lowest BCUT2D eigenvalue weighted by Gasteiger charge is -2.07. The van der Waals surface area contributed by atoms with Crippen molar-refractivity contribution >= 4 is 46.9 Å². The molecule has 1 aromatic carbocycles. The van der Waals surface area contributed by atoms with Gasteiger partial charge >= 0.3 is 5.69 Å². The molecule has 0 aliphatic heterocycles. The van der Waals surface area contributed by atoms with Gasteiger partial charge in [0.25, 0.3) is 11.5 Å². The fraction of sp³-hybridized carbons (Fsp3) is 0.136. The highest BCUT2D eigenvalue weighted by atomic mass is 35.5. The minimum Gasteiger partial charge on any atom is -0.347 e. The van der Waals surface area contributed by atoms with Crippen LogP contribution in [0.3, 0.4) is 0 Å². The number of nitriles is 1. The summed E-state index contributed by atoms with van der Waals surface area (Å²) in [6.07, 6.45) is 4.75. The first-order chi connectivity index (χ1) is 15.0. The van der Waals surface area contributed by atoms with Gasteiger partial charge < -0.3 is 5.32 Å². The number of carbonyl (C=O) groups is 1. The van der Waals surface area contributed by atoms with Crippen LogP contribution in [0.25, 0.3) is 4.83 Å². The second kappa shape index (κ2) is 10.9.